The van der Waals surface area contributed by atoms with Crippen LogP contribution in [-0.4, -0.2) is 25.4 Å². The second-order valence-electron chi connectivity index (χ2n) is 4.36. The molecule has 1 aliphatic rings. The standard InChI is InChI=1S/C13H15NO3S/c1-10-4-5-11(3-2-8-15)13(9-10)14-18(16,17)12-6-7-12/h4-5,9,12,14-15H,6-8H2,1H3. The minimum atomic E-state index is -3.28. The Balaban J connectivity index is 2.33. The van der Waals surface area contributed by atoms with Gasteiger partial charge in [0.2, 0.25) is 10.0 Å². The minimum absolute atomic E-state index is 0.247. The molecule has 0 aromatic heterocycles. The highest BCUT2D eigenvalue weighted by molar-refractivity contribution is 7.93. The zero-order valence-corrected chi connectivity index (χ0v) is 10.9. The maximum absolute atomic E-state index is 11.9. The van der Waals surface area contributed by atoms with Crippen LogP contribution in [0.2, 0.25) is 0 Å². The molecule has 18 heavy (non-hydrogen) atoms. The van der Waals surface area contributed by atoms with E-state index in [-0.39, 0.29) is 11.9 Å². The highest BCUT2D eigenvalue weighted by atomic mass is 32.2. The highest BCUT2D eigenvalue weighted by Crippen LogP contribution is 2.30. The van der Waals surface area contributed by atoms with Crippen LogP contribution >= 0.6 is 0 Å². The number of nitrogens with one attached hydrogen (secondary N) is 1. The molecular weight excluding hydrogens is 250 g/mol. The number of hydrogen-bond acceptors (Lipinski definition) is 3. The van der Waals surface area contributed by atoms with Gasteiger partial charge in [-0.3, -0.25) is 4.72 Å². The molecule has 0 amide bonds. The lowest BCUT2D eigenvalue weighted by atomic mass is 10.1. The average molecular weight is 265 g/mol. The average Bonchev–Trinajstić information content (AvgIpc) is 3.11. The molecule has 0 bridgehead atoms. The van der Waals surface area contributed by atoms with E-state index in [2.05, 4.69) is 16.6 Å². The third kappa shape index (κ3) is 3.03. The Hall–Kier alpha value is -1.51. The first-order chi connectivity index (χ1) is 8.53. The van der Waals surface area contributed by atoms with E-state index < -0.39 is 10.0 Å². The number of rotatable bonds is 3. The lowest BCUT2D eigenvalue weighted by Crippen LogP contribution is -2.18. The van der Waals surface area contributed by atoms with E-state index in [0.29, 0.717) is 11.3 Å². The lowest BCUT2D eigenvalue weighted by molar-refractivity contribution is 0.350. The third-order valence-electron chi connectivity index (χ3n) is 2.69. The summed E-state index contributed by atoms with van der Waals surface area (Å²) in [6.07, 6.45) is 1.44. The molecule has 0 atom stereocenters. The fraction of sp³-hybridized carbons (Fsp3) is 0.385. The number of aliphatic hydroxyl groups excluding tert-OH is 1. The maximum Gasteiger partial charge on any atom is 0.235 e. The second kappa shape index (κ2) is 5.01. The largest absolute Gasteiger partial charge is 0.384 e. The predicted octanol–water partition coefficient (Wildman–Crippen LogP) is 1.24. The molecule has 1 saturated carbocycles. The summed E-state index contributed by atoms with van der Waals surface area (Å²) >= 11 is 0. The van der Waals surface area contributed by atoms with Crippen LogP contribution in [0.4, 0.5) is 5.69 Å². The van der Waals surface area contributed by atoms with Crippen LogP contribution in [0.1, 0.15) is 24.0 Å². The van der Waals surface area contributed by atoms with Gasteiger partial charge in [-0.05, 0) is 37.5 Å². The molecular formula is C13H15NO3S. The first-order valence-corrected chi connectivity index (χ1v) is 7.29. The van der Waals surface area contributed by atoms with Crippen molar-refractivity contribution in [2.75, 3.05) is 11.3 Å². The molecule has 1 aromatic carbocycles. The van der Waals surface area contributed by atoms with Crippen molar-refractivity contribution in [3.05, 3.63) is 29.3 Å². The van der Waals surface area contributed by atoms with Crippen molar-refractivity contribution < 1.29 is 13.5 Å². The summed E-state index contributed by atoms with van der Waals surface area (Å²) in [6.45, 7) is 1.64. The molecule has 4 nitrogen and oxygen atoms in total. The summed E-state index contributed by atoms with van der Waals surface area (Å²) in [6, 6.07) is 5.36. The van der Waals surface area contributed by atoms with Crippen molar-refractivity contribution in [2.45, 2.75) is 25.0 Å². The molecule has 5 heteroatoms. The van der Waals surface area contributed by atoms with E-state index in [9.17, 15) is 8.42 Å². The summed E-state index contributed by atoms with van der Waals surface area (Å²) in [5.41, 5.74) is 2.03. The number of aliphatic hydroxyl groups is 1. The van der Waals surface area contributed by atoms with Gasteiger partial charge in [0.1, 0.15) is 6.61 Å². The second-order valence-corrected chi connectivity index (χ2v) is 6.32. The maximum atomic E-state index is 11.9. The SMILES string of the molecule is Cc1ccc(C#CCO)c(NS(=O)(=O)C2CC2)c1. The van der Waals surface area contributed by atoms with Gasteiger partial charge in [0.15, 0.2) is 0 Å². The molecule has 0 aliphatic heterocycles. The minimum Gasteiger partial charge on any atom is -0.384 e. The Kier molecular flexibility index (Phi) is 3.60. The van der Waals surface area contributed by atoms with E-state index in [0.717, 1.165) is 18.4 Å². The summed E-state index contributed by atoms with van der Waals surface area (Å²) in [5, 5.41) is 8.42. The van der Waals surface area contributed by atoms with Gasteiger partial charge in [0, 0.05) is 5.56 Å². The Bertz CT molecular complexity index is 607. The predicted molar refractivity (Wildman–Crippen MR) is 70.7 cm³/mol. The lowest BCUT2D eigenvalue weighted by Gasteiger charge is -2.09. The van der Waals surface area contributed by atoms with E-state index >= 15 is 0 Å². The van der Waals surface area contributed by atoms with Gasteiger partial charge in [-0.1, -0.05) is 17.9 Å². The molecule has 0 saturated heterocycles. The Morgan fingerprint density at radius 3 is 2.78 bits per heavy atom. The Morgan fingerprint density at radius 1 is 1.44 bits per heavy atom. The van der Waals surface area contributed by atoms with Gasteiger partial charge >= 0.3 is 0 Å². The Morgan fingerprint density at radius 2 is 2.17 bits per heavy atom. The topological polar surface area (TPSA) is 66.4 Å². The molecule has 1 aliphatic carbocycles. The molecule has 1 fully saturated rings. The summed E-state index contributed by atoms with van der Waals surface area (Å²) in [5.74, 6) is 5.27. The van der Waals surface area contributed by atoms with Crippen LogP contribution < -0.4 is 4.72 Å². The molecule has 0 spiro atoms. The number of sulfonamides is 1. The van der Waals surface area contributed by atoms with E-state index in [1.54, 1.807) is 12.1 Å². The van der Waals surface area contributed by atoms with Crippen molar-refractivity contribution in [3.8, 4) is 11.8 Å². The van der Waals surface area contributed by atoms with E-state index in [4.69, 9.17) is 5.11 Å². The van der Waals surface area contributed by atoms with Gasteiger partial charge in [-0.2, -0.15) is 0 Å². The number of hydrogen-bond donors (Lipinski definition) is 2. The smallest absolute Gasteiger partial charge is 0.235 e. The zero-order valence-electron chi connectivity index (χ0n) is 10.1. The van der Waals surface area contributed by atoms with Crippen molar-refractivity contribution in [1.29, 1.82) is 0 Å². The molecule has 1 aromatic rings. The van der Waals surface area contributed by atoms with Gasteiger partial charge in [-0.15, -0.1) is 0 Å². The monoisotopic (exact) mass is 265 g/mol. The number of anilines is 1. The first-order valence-electron chi connectivity index (χ1n) is 5.75. The van der Waals surface area contributed by atoms with Crippen molar-refractivity contribution in [1.82, 2.24) is 0 Å². The van der Waals surface area contributed by atoms with Crippen LogP contribution in [0.25, 0.3) is 0 Å². The van der Waals surface area contributed by atoms with Crippen LogP contribution in [0.15, 0.2) is 18.2 Å². The normalized spacial score (nSPS) is 14.8. The third-order valence-corrected chi connectivity index (χ3v) is 4.55. The van der Waals surface area contributed by atoms with Crippen LogP contribution in [0, 0.1) is 18.8 Å². The van der Waals surface area contributed by atoms with Crippen LogP contribution in [0.5, 0.6) is 0 Å². The fourth-order valence-electron chi connectivity index (χ4n) is 1.60. The quantitative estimate of drug-likeness (QED) is 0.808. The molecule has 96 valence electrons. The summed E-state index contributed by atoms with van der Waals surface area (Å²) in [4.78, 5) is 0. The molecule has 2 rings (SSSR count). The highest BCUT2D eigenvalue weighted by Gasteiger charge is 2.35. The fourth-order valence-corrected chi connectivity index (χ4v) is 3.00. The van der Waals surface area contributed by atoms with E-state index in [1.165, 1.54) is 0 Å². The van der Waals surface area contributed by atoms with Gasteiger partial charge < -0.3 is 5.11 Å². The van der Waals surface area contributed by atoms with Crippen LogP contribution in [0.3, 0.4) is 0 Å². The molecule has 2 N–H and O–H groups in total. The first kappa shape index (κ1) is 12.9. The van der Waals surface area contributed by atoms with E-state index in [1.807, 2.05) is 13.0 Å². The van der Waals surface area contributed by atoms with Gasteiger partial charge in [-0.25, -0.2) is 8.42 Å². The van der Waals surface area contributed by atoms with Crippen molar-refractivity contribution in [3.63, 3.8) is 0 Å². The molecule has 0 radical (unpaired) electrons. The van der Waals surface area contributed by atoms with Crippen molar-refractivity contribution >= 4 is 15.7 Å². The number of aryl methyl sites for hydroxylation is 1. The van der Waals surface area contributed by atoms with Gasteiger partial charge in [0.25, 0.3) is 0 Å². The van der Waals surface area contributed by atoms with Crippen molar-refractivity contribution in [2.24, 2.45) is 0 Å². The zero-order chi connectivity index (χ0) is 13.2. The number of benzene rings is 1. The Labute approximate surface area is 107 Å². The summed E-state index contributed by atoms with van der Waals surface area (Å²) < 4.78 is 26.4. The van der Waals surface area contributed by atoms with Crippen LogP contribution in [-0.2, 0) is 10.0 Å². The molecule has 0 unspecified atom stereocenters. The van der Waals surface area contributed by atoms with Gasteiger partial charge in [0.05, 0.1) is 10.9 Å². The summed E-state index contributed by atoms with van der Waals surface area (Å²) in [7, 11) is -3.28. The molecule has 0 heterocycles.